The Balaban J connectivity index is 2.47. The molecule has 1 saturated carbocycles. The van der Waals surface area contributed by atoms with Crippen LogP contribution in [0.15, 0.2) is 5.11 Å². The van der Waals surface area contributed by atoms with Crippen LogP contribution in [0.2, 0.25) is 0 Å². The molecule has 3 heteroatoms. The minimum Gasteiger partial charge on any atom is -0.0903 e. The molecule has 0 amide bonds. The summed E-state index contributed by atoms with van der Waals surface area (Å²) in [7, 11) is 0. The van der Waals surface area contributed by atoms with Crippen LogP contribution >= 0.6 is 0 Å². The normalized spacial score (nSPS) is 32.9. The van der Waals surface area contributed by atoms with E-state index in [1.54, 1.807) is 0 Å². The topological polar surface area (TPSA) is 48.8 Å². The minimum absolute atomic E-state index is 0.277. The second kappa shape index (κ2) is 3.47. The fourth-order valence-electron chi connectivity index (χ4n) is 1.53. The summed E-state index contributed by atoms with van der Waals surface area (Å²) < 4.78 is 0. The van der Waals surface area contributed by atoms with Crippen LogP contribution in [0.1, 0.15) is 32.6 Å². The van der Waals surface area contributed by atoms with Crippen molar-refractivity contribution in [3.8, 4) is 0 Å². The fourth-order valence-corrected chi connectivity index (χ4v) is 1.53. The van der Waals surface area contributed by atoms with Gasteiger partial charge in [-0.2, -0.15) is 0 Å². The highest BCUT2D eigenvalue weighted by Crippen LogP contribution is 2.26. The summed E-state index contributed by atoms with van der Waals surface area (Å²) in [5.41, 5.74) is 8.19. The average Bonchev–Trinajstić information content (AvgIpc) is 1.94. The second-order valence-corrected chi connectivity index (χ2v) is 3.03. The van der Waals surface area contributed by atoms with Gasteiger partial charge >= 0.3 is 0 Å². The van der Waals surface area contributed by atoms with Crippen LogP contribution in [0.5, 0.6) is 0 Å². The van der Waals surface area contributed by atoms with E-state index in [2.05, 4.69) is 16.9 Å². The van der Waals surface area contributed by atoms with Crippen molar-refractivity contribution in [1.82, 2.24) is 0 Å². The Morgan fingerprint density at radius 3 is 2.70 bits per heavy atom. The number of hydrogen-bond acceptors (Lipinski definition) is 1. The highest BCUT2D eigenvalue weighted by atomic mass is 15.1. The maximum atomic E-state index is 8.19. The molecule has 0 heterocycles. The fraction of sp³-hybridized carbons (Fsp3) is 1.00. The minimum atomic E-state index is 0.277. The monoisotopic (exact) mass is 139 g/mol. The standard InChI is InChI=1S/C7H13N3/c1-6-4-2-3-5-7(6)9-10-8/h6-7H,2-5H2,1H3/t6-,7+/m1/s1. The van der Waals surface area contributed by atoms with E-state index >= 15 is 0 Å². The van der Waals surface area contributed by atoms with Gasteiger partial charge in [0.1, 0.15) is 0 Å². The average molecular weight is 139 g/mol. The molecule has 2 atom stereocenters. The zero-order valence-corrected chi connectivity index (χ0v) is 6.32. The molecule has 56 valence electrons. The van der Waals surface area contributed by atoms with Gasteiger partial charge in [0.05, 0.1) is 0 Å². The van der Waals surface area contributed by atoms with E-state index in [9.17, 15) is 0 Å². The van der Waals surface area contributed by atoms with E-state index < -0.39 is 0 Å². The van der Waals surface area contributed by atoms with Crippen molar-refractivity contribution in [2.24, 2.45) is 11.0 Å². The van der Waals surface area contributed by atoms with Crippen LogP contribution in [-0.4, -0.2) is 6.04 Å². The first-order valence-corrected chi connectivity index (χ1v) is 3.89. The van der Waals surface area contributed by atoms with Crippen LogP contribution in [0.3, 0.4) is 0 Å². The van der Waals surface area contributed by atoms with Crippen LogP contribution in [0, 0.1) is 5.92 Å². The molecule has 10 heavy (non-hydrogen) atoms. The Kier molecular flexibility index (Phi) is 2.57. The Morgan fingerprint density at radius 2 is 2.10 bits per heavy atom. The lowest BCUT2D eigenvalue weighted by atomic mass is 9.87. The summed E-state index contributed by atoms with van der Waals surface area (Å²) in [5, 5.41) is 3.75. The van der Waals surface area contributed by atoms with Crippen molar-refractivity contribution in [3.05, 3.63) is 10.4 Å². The molecule has 0 radical (unpaired) electrons. The summed E-state index contributed by atoms with van der Waals surface area (Å²) in [4.78, 5) is 2.83. The zero-order valence-electron chi connectivity index (χ0n) is 6.32. The maximum absolute atomic E-state index is 8.19. The van der Waals surface area contributed by atoms with Crippen molar-refractivity contribution < 1.29 is 0 Å². The molecule has 1 rings (SSSR count). The van der Waals surface area contributed by atoms with Crippen LogP contribution < -0.4 is 0 Å². The van der Waals surface area contributed by atoms with Crippen molar-refractivity contribution in [2.75, 3.05) is 0 Å². The van der Waals surface area contributed by atoms with Crippen LogP contribution in [-0.2, 0) is 0 Å². The van der Waals surface area contributed by atoms with Gasteiger partial charge in [0.15, 0.2) is 0 Å². The van der Waals surface area contributed by atoms with Gasteiger partial charge in [-0.05, 0) is 17.9 Å². The zero-order chi connectivity index (χ0) is 7.40. The largest absolute Gasteiger partial charge is 0.0903 e. The molecular formula is C7H13N3. The molecule has 0 aromatic rings. The van der Waals surface area contributed by atoms with E-state index in [4.69, 9.17) is 5.53 Å². The van der Waals surface area contributed by atoms with E-state index in [-0.39, 0.29) is 6.04 Å². The van der Waals surface area contributed by atoms with Gasteiger partial charge in [-0.25, -0.2) is 0 Å². The number of azide groups is 1. The molecule has 1 aliphatic rings. The summed E-state index contributed by atoms with van der Waals surface area (Å²) in [6, 6.07) is 0.277. The molecule has 0 aromatic heterocycles. The highest BCUT2D eigenvalue weighted by molar-refractivity contribution is 4.77. The van der Waals surface area contributed by atoms with Gasteiger partial charge in [-0.3, -0.25) is 0 Å². The molecule has 0 unspecified atom stereocenters. The third-order valence-corrected chi connectivity index (χ3v) is 2.27. The summed E-state index contributed by atoms with van der Waals surface area (Å²) >= 11 is 0. The molecule has 1 aliphatic carbocycles. The molecule has 3 nitrogen and oxygen atoms in total. The summed E-state index contributed by atoms with van der Waals surface area (Å²) in [6.07, 6.45) is 4.85. The first-order valence-electron chi connectivity index (χ1n) is 3.89. The van der Waals surface area contributed by atoms with Gasteiger partial charge in [0.2, 0.25) is 0 Å². The third kappa shape index (κ3) is 1.64. The van der Waals surface area contributed by atoms with Crippen LogP contribution in [0.25, 0.3) is 10.4 Å². The molecule has 0 N–H and O–H groups in total. The lowest BCUT2D eigenvalue weighted by Crippen LogP contribution is -2.19. The predicted octanol–water partition coefficient (Wildman–Crippen LogP) is 2.88. The van der Waals surface area contributed by atoms with Gasteiger partial charge in [0, 0.05) is 11.0 Å². The smallest absolute Gasteiger partial charge is 0.0399 e. The van der Waals surface area contributed by atoms with Crippen LogP contribution in [0.4, 0.5) is 0 Å². The molecule has 0 saturated heterocycles. The Labute approximate surface area is 61.1 Å². The second-order valence-electron chi connectivity index (χ2n) is 3.03. The molecular weight excluding hydrogens is 126 g/mol. The number of nitrogens with zero attached hydrogens (tertiary/aromatic N) is 3. The quantitative estimate of drug-likeness (QED) is 0.304. The molecule has 1 fully saturated rings. The lowest BCUT2D eigenvalue weighted by molar-refractivity contribution is 0.330. The number of rotatable bonds is 1. The van der Waals surface area contributed by atoms with E-state index in [1.807, 2.05) is 0 Å². The Bertz CT molecular complexity index is 149. The van der Waals surface area contributed by atoms with Crippen molar-refractivity contribution >= 4 is 0 Å². The maximum Gasteiger partial charge on any atom is 0.0399 e. The first kappa shape index (κ1) is 7.42. The molecule has 0 aromatic carbocycles. The highest BCUT2D eigenvalue weighted by Gasteiger charge is 2.19. The van der Waals surface area contributed by atoms with E-state index in [1.165, 1.54) is 19.3 Å². The third-order valence-electron chi connectivity index (χ3n) is 2.27. The lowest BCUT2D eigenvalue weighted by Gasteiger charge is -2.23. The first-order chi connectivity index (χ1) is 4.84. The van der Waals surface area contributed by atoms with E-state index in [0.717, 1.165) is 6.42 Å². The van der Waals surface area contributed by atoms with Gasteiger partial charge in [0.25, 0.3) is 0 Å². The summed E-state index contributed by atoms with van der Waals surface area (Å²) in [6.45, 7) is 2.17. The Hall–Kier alpha value is -0.690. The summed E-state index contributed by atoms with van der Waals surface area (Å²) in [5.74, 6) is 0.602. The predicted molar refractivity (Wildman–Crippen MR) is 40.6 cm³/mol. The van der Waals surface area contributed by atoms with Gasteiger partial charge in [-0.15, -0.1) is 0 Å². The number of hydrogen-bond donors (Lipinski definition) is 0. The van der Waals surface area contributed by atoms with E-state index in [0.29, 0.717) is 5.92 Å². The molecule has 0 aliphatic heterocycles. The Morgan fingerprint density at radius 1 is 1.40 bits per heavy atom. The van der Waals surface area contributed by atoms with Gasteiger partial charge in [-0.1, -0.05) is 31.3 Å². The van der Waals surface area contributed by atoms with Gasteiger partial charge < -0.3 is 0 Å². The SMILES string of the molecule is C[C@@H]1CCCC[C@@H]1N=[N+]=[N-]. The van der Waals surface area contributed by atoms with Crippen molar-refractivity contribution in [1.29, 1.82) is 0 Å². The van der Waals surface area contributed by atoms with Crippen molar-refractivity contribution in [2.45, 2.75) is 38.6 Å². The molecule has 0 spiro atoms. The molecule has 0 bridgehead atoms. The van der Waals surface area contributed by atoms with Crippen molar-refractivity contribution in [3.63, 3.8) is 0 Å².